The highest BCUT2D eigenvalue weighted by Gasteiger charge is 2.33. The third-order valence-electron chi connectivity index (χ3n) is 5.46. The summed E-state index contributed by atoms with van der Waals surface area (Å²) in [5.41, 5.74) is 0.0565. The number of likely N-dealkylation sites (tertiary alicyclic amines) is 1. The Morgan fingerprint density at radius 3 is 2.33 bits per heavy atom. The van der Waals surface area contributed by atoms with Crippen molar-refractivity contribution < 1.29 is 4.79 Å². The molecular formula is C17H33N3O. The SMILES string of the molecule is CNC1(CC(=O)NC2CCN(C(C)C)CC2)CCCCC1. The summed E-state index contributed by atoms with van der Waals surface area (Å²) in [5.74, 6) is 0.245. The van der Waals surface area contributed by atoms with Gasteiger partial charge in [-0.15, -0.1) is 0 Å². The number of hydrogen-bond acceptors (Lipinski definition) is 3. The fourth-order valence-electron chi connectivity index (χ4n) is 3.89. The van der Waals surface area contributed by atoms with Crippen LogP contribution in [0.15, 0.2) is 0 Å². The Morgan fingerprint density at radius 1 is 1.19 bits per heavy atom. The van der Waals surface area contributed by atoms with E-state index in [4.69, 9.17) is 0 Å². The number of nitrogens with zero attached hydrogens (tertiary/aromatic N) is 1. The minimum atomic E-state index is 0.0565. The molecule has 1 amide bonds. The molecule has 0 aromatic rings. The lowest BCUT2D eigenvalue weighted by molar-refractivity contribution is -0.124. The summed E-state index contributed by atoms with van der Waals surface area (Å²) in [5, 5.41) is 6.72. The van der Waals surface area contributed by atoms with E-state index >= 15 is 0 Å². The quantitative estimate of drug-likeness (QED) is 0.818. The highest BCUT2D eigenvalue weighted by molar-refractivity contribution is 5.77. The maximum Gasteiger partial charge on any atom is 0.222 e. The highest BCUT2D eigenvalue weighted by Crippen LogP contribution is 2.30. The van der Waals surface area contributed by atoms with E-state index in [-0.39, 0.29) is 11.4 Å². The van der Waals surface area contributed by atoms with Crippen LogP contribution in [-0.2, 0) is 4.79 Å². The molecular weight excluding hydrogens is 262 g/mol. The summed E-state index contributed by atoms with van der Waals surface area (Å²) in [4.78, 5) is 14.9. The summed E-state index contributed by atoms with van der Waals surface area (Å²) in [7, 11) is 2.01. The van der Waals surface area contributed by atoms with Crippen LogP contribution in [0.1, 0.15) is 65.2 Å². The van der Waals surface area contributed by atoms with Gasteiger partial charge in [0.15, 0.2) is 0 Å². The van der Waals surface area contributed by atoms with Gasteiger partial charge in [-0.1, -0.05) is 19.3 Å². The van der Waals surface area contributed by atoms with Crippen LogP contribution in [0.3, 0.4) is 0 Å². The smallest absolute Gasteiger partial charge is 0.222 e. The van der Waals surface area contributed by atoms with Gasteiger partial charge in [-0.3, -0.25) is 4.79 Å². The predicted octanol–water partition coefficient (Wildman–Crippen LogP) is 2.29. The number of piperidine rings is 1. The third-order valence-corrected chi connectivity index (χ3v) is 5.46. The number of carbonyl (C=O) groups is 1. The van der Waals surface area contributed by atoms with Gasteiger partial charge in [0.1, 0.15) is 0 Å². The van der Waals surface area contributed by atoms with E-state index in [0.717, 1.165) is 38.8 Å². The summed E-state index contributed by atoms with van der Waals surface area (Å²) in [6, 6.07) is 1.00. The zero-order valence-electron chi connectivity index (χ0n) is 14.1. The first-order valence-electron chi connectivity index (χ1n) is 8.77. The zero-order chi connectivity index (χ0) is 15.3. The average Bonchev–Trinajstić information content (AvgIpc) is 2.48. The Balaban J connectivity index is 1.77. The van der Waals surface area contributed by atoms with Gasteiger partial charge in [0.2, 0.25) is 5.91 Å². The van der Waals surface area contributed by atoms with Gasteiger partial charge in [-0.2, -0.15) is 0 Å². The summed E-state index contributed by atoms with van der Waals surface area (Å²) in [6.07, 6.45) is 8.94. The number of nitrogens with one attached hydrogen (secondary N) is 2. The van der Waals surface area contributed by atoms with Crippen molar-refractivity contribution in [1.29, 1.82) is 0 Å². The van der Waals surface area contributed by atoms with Crippen LogP contribution in [0.4, 0.5) is 0 Å². The molecule has 2 N–H and O–H groups in total. The molecule has 0 aromatic carbocycles. The first-order chi connectivity index (χ1) is 10.0. The van der Waals surface area contributed by atoms with Crippen molar-refractivity contribution in [2.24, 2.45) is 0 Å². The summed E-state index contributed by atoms with van der Waals surface area (Å²) < 4.78 is 0. The normalized spacial score (nSPS) is 24.2. The predicted molar refractivity (Wildman–Crippen MR) is 87.4 cm³/mol. The maximum atomic E-state index is 12.4. The topological polar surface area (TPSA) is 44.4 Å². The molecule has 2 aliphatic rings. The van der Waals surface area contributed by atoms with Crippen LogP contribution in [0.25, 0.3) is 0 Å². The molecule has 1 saturated carbocycles. The first-order valence-corrected chi connectivity index (χ1v) is 8.77. The van der Waals surface area contributed by atoms with E-state index in [9.17, 15) is 4.79 Å². The molecule has 122 valence electrons. The van der Waals surface area contributed by atoms with E-state index in [0.29, 0.717) is 18.5 Å². The minimum absolute atomic E-state index is 0.0565. The Hall–Kier alpha value is -0.610. The van der Waals surface area contributed by atoms with Crippen LogP contribution in [0.5, 0.6) is 0 Å². The Morgan fingerprint density at radius 2 is 1.81 bits per heavy atom. The van der Waals surface area contributed by atoms with E-state index in [1.165, 1.54) is 19.3 Å². The van der Waals surface area contributed by atoms with Gasteiger partial charge in [-0.25, -0.2) is 0 Å². The number of rotatable bonds is 5. The lowest BCUT2D eigenvalue weighted by Gasteiger charge is -2.38. The molecule has 4 nitrogen and oxygen atoms in total. The Kier molecular flexibility index (Phi) is 6.06. The van der Waals surface area contributed by atoms with Crippen molar-refractivity contribution in [3.63, 3.8) is 0 Å². The molecule has 2 fully saturated rings. The fourth-order valence-corrected chi connectivity index (χ4v) is 3.89. The molecule has 1 aliphatic carbocycles. The first kappa shape index (κ1) is 16.8. The van der Waals surface area contributed by atoms with Crippen molar-refractivity contribution in [3.05, 3.63) is 0 Å². The molecule has 0 radical (unpaired) electrons. The monoisotopic (exact) mass is 295 g/mol. The molecule has 1 heterocycles. The van der Waals surface area contributed by atoms with E-state index < -0.39 is 0 Å². The van der Waals surface area contributed by atoms with Crippen LogP contribution in [0.2, 0.25) is 0 Å². The van der Waals surface area contributed by atoms with Crippen molar-refractivity contribution >= 4 is 5.91 Å². The molecule has 0 bridgehead atoms. The van der Waals surface area contributed by atoms with Crippen molar-refractivity contribution in [2.75, 3.05) is 20.1 Å². The second-order valence-corrected chi connectivity index (χ2v) is 7.24. The number of carbonyl (C=O) groups excluding carboxylic acids is 1. The van der Waals surface area contributed by atoms with Gasteiger partial charge < -0.3 is 15.5 Å². The minimum Gasteiger partial charge on any atom is -0.353 e. The second-order valence-electron chi connectivity index (χ2n) is 7.24. The third kappa shape index (κ3) is 4.68. The molecule has 4 heteroatoms. The average molecular weight is 295 g/mol. The number of hydrogen-bond donors (Lipinski definition) is 2. The maximum absolute atomic E-state index is 12.4. The Labute approximate surface area is 130 Å². The van der Waals surface area contributed by atoms with Gasteiger partial charge in [0.05, 0.1) is 0 Å². The highest BCUT2D eigenvalue weighted by atomic mass is 16.1. The summed E-state index contributed by atoms with van der Waals surface area (Å²) >= 11 is 0. The summed E-state index contributed by atoms with van der Waals surface area (Å²) in [6.45, 7) is 6.72. The van der Waals surface area contributed by atoms with Crippen molar-refractivity contribution in [2.45, 2.75) is 82.8 Å². The van der Waals surface area contributed by atoms with Crippen LogP contribution < -0.4 is 10.6 Å². The largest absolute Gasteiger partial charge is 0.353 e. The van der Waals surface area contributed by atoms with E-state index in [2.05, 4.69) is 29.4 Å². The van der Waals surface area contributed by atoms with Gasteiger partial charge in [0, 0.05) is 37.1 Å². The van der Waals surface area contributed by atoms with Gasteiger partial charge in [-0.05, 0) is 46.6 Å². The standard InChI is InChI=1S/C17H33N3O/c1-14(2)20-11-7-15(8-12-20)19-16(21)13-17(18-3)9-5-4-6-10-17/h14-15,18H,4-13H2,1-3H3,(H,19,21). The van der Waals surface area contributed by atoms with Crippen LogP contribution in [0, 0.1) is 0 Å². The van der Waals surface area contributed by atoms with E-state index in [1.54, 1.807) is 0 Å². The molecule has 0 atom stereocenters. The zero-order valence-corrected chi connectivity index (χ0v) is 14.1. The van der Waals surface area contributed by atoms with Crippen LogP contribution >= 0.6 is 0 Å². The van der Waals surface area contributed by atoms with Crippen molar-refractivity contribution in [3.8, 4) is 0 Å². The number of amides is 1. The molecule has 0 spiro atoms. The van der Waals surface area contributed by atoms with Crippen molar-refractivity contribution in [1.82, 2.24) is 15.5 Å². The Bertz CT molecular complexity index is 329. The molecule has 0 aromatic heterocycles. The lowest BCUT2D eigenvalue weighted by atomic mass is 9.79. The lowest BCUT2D eigenvalue weighted by Crippen LogP contribution is -2.51. The molecule has 0 unspecified atom stereocenters. The second kappa shape index (κ2) is 7.59. The molecule has 1 saturated heterocycles. The molecule has 2 rings (SSSR count). The van der Waals surface area contributed by atoms with E-state index in [1.807, 2.05) is 7.05 Å². The fraction of sp³-hybridized carbons (Fsp3) is 0.941. The van der Waals surface area contributed by atoms with Gasteiger partial charge >= 0.3 is 0 Å². The van der Waals surface area contributed by atoms with Crippen LogP contribution in [-0.4, -0.2) is 48.6 Å². The van der Waals surface area contributed by atoms with Gasteiger partial charge in [0.25, 0.3) is 0 Å². The molecule has 1 aliphatic heterocycles. The molecule has 21 heavy (non-hydrogen) atoms.